The van der Waals surface area contributed by atoms with Gasteiger partial charge in [0.05, 0.1) is 12.0 Å². The summed E-state index contributed by atoms with van der Waals surface area (Å²) in [5, 5.41) is 6.16. The number of thiophene rings is 1. The smallest absolute Gasteiger partial charge is 0.265 e. The Morgan fingerprint density at radius 1 is 1.22 bits per heavy atom. The zero-order chi connectivity index (χ0) is 16.4. The number of hydrogen-bond donors (Lipinski definition) is 1. The van der Waals surface area contributed by atoms with Crippen LogP contribution >= 0.6 is 11.3 Å². The molecule has 1 N–H and O–H groups in total. The van der Waals surface area contributed by atoms with E-state index in [2.05, 4.69) is 9.82 Å². The van der Waals surface area contributed by atoms with Gasteiger partial charge in [-0.25, -0.2) is 8.42 Å². The Morgan fingerprint density at radius 2 is 1.96 bits per heavy atom. The van der Waals surface area contributed by atoms with Crippen LogP contribution in [0.2, 0.25) is 0 Å². The largest absolute Gasteiger partial charge is 0.497 e. The van der Waals surface area contributed by atoms with Crippen LogP contribution in [0, 0.1) is 0 Å². The Kier molecular flexibility index (Phi) is 4.10. The number of methoxy groups -OCH3 is 1. The van der Waals surface area contributed by atoms with Gasteiger partial charge in [0.1, 0.15) is 16.3 Å². The maximum Gasteiger partial charge on any atom is 0.265 e. The second-order valence-corrected chi connectivity index (χ2v) is 7.43. The van der Waals surface area contributed by atoms with Crippen molar-refractivity contribution in [1.29, 1.82) is 0 Å². The Labute approximate surface area is 138 Å². The first-order chi connectivity index (χ1) is 11.0. The molecule has 0 atom stereocenters. The van der Waals surface area contributed by atoms with E-state index in [0.29, 0.717) is 17.1 Å². The molecule has 0 amide bonds. The summed E-state index contributed by atoms with van der Waals surface area (Å²) in [4.78, 5) is 0.957. The highest BCUT2D eigenvalue weighted by atomic mass is 32.2. The number of benzene rings is 1. The van der Waals surface area contributed by atoms with Crippen LogP contribution in [0.5, 0.6) is 5.75 Å². The van der Waals surface area contributed by atoms with Crippen LogP contribution in [-0.4, -0.2) is 25.3 Å². The highest BCUT2D eigenvalue weighted by Crippen LogP contribution is 2.30. The second-order valence-electron chi connectivity index (χ2n) is 4.83. The van der Waals surface area contributed by atoms with Gasteiger partial charge in [-0.3, -0.25) is 9.40 Å². The monoisotopic (exact) mass is 349 g/mol. The fraction of sp³-hybridized carbons (Fsp3) is 0.133. The van der Waals surface area contributed by atoms with Crippen LogP contribution in [0.3, 0.4) is 0 Å². The van der Waals surface area contributed by atoms with Gasteiger partial charge in [0.2, 0.25) is 0 Å². The van der Waals surface area contributed by atoms with Crippen molar-refractivity contribution in [2.75, 3.05) is 11.8 Å². The Balaban J connectivity index is 1.96. The van der Waals surface area contributed by atoms with E-state index in [9.17, 15) is 8.42 Å². The lowest BCUT2D eigenvalue weighted by Crippen LogP contribution is -2.13. The van der Waals surface area contributed by atoms with Crippen molar-refractivity contribution in [2.45, 2.75) is 4.90 Å². The first-order valence-electron chi connectivity index (χ1n) is 6.74. The maximum atomic E-state index is 12.7. The maximum absolute atomic E-state index is 12.7. The van der Waals surface area contributed by atoms with Crippen molar-refractivity contribution in [3.63, 3.8) is 0 Å². The topological polar surface area (TPSA) is 73.2 Å². The van der Waals surface area contributed by atoms with E-state index in [4.69, 9.17) is 4.74 Å². The molecule has 0 unspecified atom stereocenters. The molecule has 3 rings (SSSR count). The molecular weight excluding hydrogens is 334 g/mol. The van der Waals surface area contributed by atoms with E-state index in [0.717, 1.165) is 4.88 Å². The summed E-state index contributed by atoms with van der Waals surface area (Å²) in [6.45, 7) is 0. The van der Waals surface area contributed by atoms with Crippen molar-refractivity contribution in [3.8, 4) is 16.3 Å². The van der Waals surface area contributed by atoms with E-state index >= 15 is 0 Å². The van der Waals surface area contributed by atoms with Gasteiger partial charge in [0, 0.05) is 18.9 Å². The van der Waals surface area contributed by atoms with Crippen LogP contribution in [0.4, 0.5) is 5.69 Å². The number of aryl methyl sites for hydroxylation is 1. The number of sulfonamides is 1. The number of hydrogen-bond acceptors (Lipinski definition) is 5. The fourth-order valence-corrected chi connectivity index (χ4v) is 4.16. The number of nitrogens with one attached hydrogen (secondary N) is 1. The summed E-state index contributed by atoms with van der Waals surface area (Å²) in [6, 6.07) is 10.4. The van der Waals surface area contributed by atoms with Gasteiger partial charge in [-0.15, -0.1) is 11.3 Å². The lowest BCUT2D eigenvalue weighted by atomic mass is 10.3. The molecule has 23 heavy (non-hydrogen) atoms. The van der Waals surface area contributed by atoms with Gasteiger partial charge in [0.15, 0.2) is 0 Å². The van der Waals surface area contributed by atoms with Crippen molar-refractivity contribution < 1.29 is 13.2 Å². The Hall–Kier alpha value is -2.32. The minimum atomic E-state index is -3.74. The van der Waals surface area contributed by atoms with Crippen molar-refractivity contribution >= 4 is 27.0 Å². The van der Waals surface area contributed by atoms with E-state index in [1.165, 1.54) is 22.2 Å². The lowest BCUT2D eigenvalue weighted by Gasteiger charge is -2.08. The van der Waals surface area contributed by atoms with Crippen LogP contribution in [-0.2, 0) is 17.1 Å². The molecule has 0 saturated carbocycles. The molecule has 2 heterocycles. The highest BCUT2D eigenvalue weighted by molar-refractivity contribution is 7.92. The summed E-state index contributed by atoms with van der Waals surface area (Å²) in [5.74, 6) is 0.661. The molecule has 1 aromatic carbocycles. The Morgan fingerprint density at radius 3 is 2.57 bits per heavy atom. The molecule has 3 aromatic rings. The van der Waals surface area contributed by atoms with Crippen LogP contribution in [0.1, 0.15) is 0 Å². The van der Waals surface area contributed by atoms with Gasteiger partial charge < -0.3 is 4.74 Å². The third kappa shape index (κ3) is 3.22. The minimum Gasteiger partial charge on any atom is -0.497 e. The molecule has 0 aliphatic carbocycles. The number of aromatic nitrogens is 2. The van der Waals surface area contributed by atoms with Gasteiger partial charge in [-0.05, 0) is 35.7 Å². The second kappa shape index (κ2) is 6.05. The van der Waals surface area contributed by atoms with Crippen molar-refractivity contribution in [1.82, 2.24) is 9.78 Å². The molecular formula is C15H15N3O3S2. The molecule has 8 heteroatoms. The van der Waals surface area contributed by atoms with E-state index in [1.807, 2.05) is 17.5 Å². The van der Waals surface area contributed by atoms with Crippen molar-refractivity contribution in [2.24, 2.45) is 7.05 Å². The molecule has 0 radical (unpaired) electrons. The summed E-state index contributed by atoms with van der Waals surface area (Å²) in [5.41, 5.74) is 0.912. The first kappa shape index (κ1) is 15.6. The molecule has 0 fully saturated rings. The molecule has 0 bridgehead atoms. The predicted octanol–water partition coefficient (Wildman–Crippen LogP) is 2.96. The third-order valence-corrected chi connectivity index (χ3v) is 5.44. The van der Waals surface area contributed by atoms with Crippen LogP contribution in [0.15, 0.2) is 52.9 Å². The van der Waals surface area contributed by atoms with E-state index in [-0.39, 0.29) is 4.90 Å². The van der Waals surface area contributed by atoms with Crippen molar-refractivity contribution in [3.05, 3.63) is 48.0 Å². The first-order valence-corrected chi connectivity index (χ1v) is 9.10. The molecule has 6 nitrogen and oxygen atoms in total. The van der Waals surface area contributed by atoms with Gasteiger partial charge in [-0.2, -0.15) is 5.10 Å². The standard InChI is InChI=1S/C15H15N3O3S2/c1-18-10-14(15(16-18)13-4-3-9-22-13)23(19,20)17-11-5-7-12(21-2)8-6-11/h3-10,17H,1-2H3. The minimum absolute atomic E-state index is 0.151. The quantitative estimate of drug-likeness (QED) is 0.768. The van der Waals surface area contributed by atoms with Gasteiger partial charge >= 0.3 is 0 Å². The van der Waals surface area contributed by atoms with E-state index < -0.39 is 10.0 Å². The number of rotatable bonds is 5. The number of nitrogens with zero attached hydrogens (tertiary/aromatic N) is 2. The number of anilines is 1. The average molecular weight is 349 g/mol. The Bertz CT molecular complexity index is 898. The average Bonchev–Trinajstić information content (AvgIpc) is 3.17. The molecule has 0 aliphatic heterocycles. The molecule has 0 saturated heterocycles. The van der Waals surface area contributed by atoms with E-state index in [1.54, 1.807) is 38.4 Å². The third-order valence-electron chi connectivity index (χ3n) is 3.18. The van der Waals surface area contributed by atoms with Crippen LogP contribution in [0.25, 0.3) is 10.6 Å². The SMILES string of the molecule is COc1ccc(NS(=O)(=O)c2cn(C)nc2-c2cccs2)cc1. The summed E-state index contributed by atoms with van der Waals surface area (Å²) >= 11 is 1.45. The van der Waals surface area contributed by atoms with Gasteiger partial charge in [0.25, 0.3) is 10.0 Å². The molecule has 0 spiro atoms. The summed E-state index contributed by atoms with van der Waals surface area (Å²) < 4.78 is 34.5. The predicted molar refractivity (Wildman–Crippen MR) is 90.3 cm³/mol. The fourth-order valence-electron chi connectivity index (χ4n) is 2.12. The number of ether oxygens (including phenoxy) is 1. The van der Waals surface area contributed by atoms with Gasteiger partial charge in [-0.1, -0.05) is 6.07 Å². The summed E-state index contributed by atoms with van der Waals surface area (Å²) in [7, 11) is -0.481. The normalized spacial score (nSPS) is 11.4. The zero-order valence-corrected chi connectivity index (χ0v) is 14.2. The molecule has 0 aliphatic rings. The molecule has 120 valence electrons. The zero-order valence-electron chi connectivity index (χ0n) is 12.6. The molecule has 2 aromatic heterocycles. The lowest BCUT2D eigenvalue weighted by molar-refractivity contribution is 0.415. The van der Waals surface area contributed by atoms with Crippen LogP contribution < -0.4 is 9.46 Å². The highest BCUT2D eigenvalue weighted by Gasteiger charge is 2.23. The summed E-state index contributed by atoms with van der Waals surface area (Å²) in [6.07, 6.45) is 1.50.